The Bertz CT molecular complexity index is 2210. The van der Waals surface area contributed by atoms with Gasteiger partial charge in [0.2, 0.25) is 15.3 Å². The molecule has 2 nitrogen and oxygen atoms in total. The van der Waals surface area contributed by atoms with Crippen molar-refractivity contribution < 1.29 is 34.8 Å². The minimum Gasteiger partial charge on any atom is -0.219 e. The Balaban J connectivity index is 1.77. The number of alkyl halides is 6. The van der Waals surface area contributed by atoms with Crippen molar-refractivity contribution in [1.82, 2.24) is 0 Å². The highest BCUT2D eigenvalue weighted by atomic mass is 32.2. The predicted octanol–water partition coefficient (Wildman–Crippen LogP) is 16.4. The average Bonchev–Trinajstić information content (AvgIpc) is 3.14. The van der Waals surface area contributed by atoms with Crippen molar-refractivity contribution in [3.63, 3.8) is 0 Å². The lowest BCUT2D eigenvalue weighted by molar-refractivity contribution is -0.288. The van der Waals surface area contributed by atoms with Crippen LogP contribution in [-0.4, -0.2) is 20.8 Å². The Hall–Kier alpha value is -3.59. The molecule has 0 spiro atoms. The lowest BCUT2D eigenvalue weighted by Gasteiger charge is -2.39. The summed E-state index contributed by atoms with van der Waals surface area (Å²) in [4.78, 5) is 0.453. The fourth-order valence-corrected chi connectivity index (χ4v) is 10.3. The summed E-state index contributed by atoms with van der Waals surface area (Å²) in [7, 11) is -3.84. The van der Waals surface area contributed by atoms with Gasteiger partial charge >= 0.3 is 12.4 Å². The Morgan fingerprint density at radius 3 is 1.03 bits per heavy atom. The van der Waals surface area contributed by atoms with Gasteiger partial charge in [-0.1, -0.05) is 145 Å². The number of sulfone groups is 1. The summed E-state index contributed by atoms with van der Waals surface area (Å²) < 4.78 is 121. The van der Waals surface area contributed by atoms with Gasteiger partial charge in [0.1, 0.15) is 0 Å². The van der Waals surface area contributed by atoms with Crippen LogP contribution in [0.1, 0.15) is 213 Å². The van der Waals surface area contributed by atoms with Crippen LogP contribution in [0.25, 0.3) is 0 Å². The van der Waals surface area contributed by atoms with Crippen molar-refractivity contribution in [3.05, 3.63) is 128 Å². The summed E-state index contributed by atoms with van der Waals surface area (Å²) in [5, 5.41) is 0. The van der Waals surface area contributed by atoms with Crippen molar-refractivity contribution in [2.45, 2.75) is 185 Å². The molecule has 0 saturated carbocycles. The lowest BCUT2D eigenvalue weighted by Crippen LogP contribution is -2.55. The van der Waals surface area contributed by atoms with Gasteiger partial charge in [-0.25, -0.2) is 8.42 Å². The topological polar surface area (TPSA) is 34.1 Å². The maximum absolute atomic E-state index is 15.5. The van der Waals surface area contributed by atoms with E-state index in [0.717, 1.165) is 52.1 Å². The zero-order valence-electron chi connectivity index (χ0n) is 38.0. The first kappa shape index (κ1) is 49.1. The molecular formula is C51H66F6O2S. The molecule has 0 N–H and O–H groups in total. The Morgan fingerprint density at radius 1 is 0.383 bits per heavy atom. The summed E-state index contributed by atoms with van der Waals surface area (Å²) in [6.45, 7) is 27.3. The summed E-state index contributed by atoms with van der Waals surface area (Å²) in [5.41, 5.74) is 0.397. The normalized spacial score (nSPS) is 14.4. The molecule has 0 bridgehead atoms. The first-order valence-corrected chi connectivity index (χ1v) is 23.0. The van der Waals surface area contributed by atoms with Gasteiger partial charge in [-0.2, -0.15) is 26.3 Å². The van der Waals surface area contributed by atoms with Gasteiger partial charge in [-0.05, 0) is 140 Å². The molecule has 0 amide bonds. The quantitative estimate of drug-likeness (QED) is 0.112. The summed E-state index contributed by atoms with van der Waals surface area (Å²) in [5.74, 6) is -0.626. The predicted molar refractivity (Wildman–Crippen MR) is 235 cm³/mol. The zero-order valence-corrected chi connectivity index (χ0v) is 38.8. The minimum atomic E-state index is -5.70. The highest BCUT2D eigenvalue weighted by molar-refractivity contribution is 7.91. The van der Waals surface area contributed by atoms with E-state index >= 15 is 26.3 Å². The molecule has 4 aromatic rings. The maximum atomic E-state index is 15.5. The molecule has 2 atom stereocenters. The number of hydrogen-bond acceptors (Lipinski definition) is 2. The molecule has 4 aromatic carbocycles. The molecule has 2 unspecified atom stereocenters. The van der Waals surface area contributed by atoms with Gasteiger partial charge in [-0.15, -0.1) is 0 Å². The van der Waals surface area contributed by atoms with Crippen LogP contribution in [0.5, 0.6) is 0 Å². The van der Waals surface area contributed by atoms with Crippen molar-refractivity contribution in [3.8, 4) is 0 Å². The van der Waals surface area contributed by atoms with E-state index in [0.29, 0.717) is 29.5 Å². The van der Waals surface area contributed by atoms with Gasteiger partial charge in [0.05, 0.1) is 9.79 Å². The van der Waals surface area contributed by atoms with E-state index in [1.54, 1.807) is 38.1 Å². The summed E-state index contributed by atoms with van der Waals surface area (Å²) >= 11 is 0. The fraction of sp³-hybridized carbons (Fsp3) is 0.529. The van der Waals surface area contributed by atoms with E-state index in [1.807, 2.05) is 67.5 Å². The molecule has 0 aliphatic carbocycles. The fourth-order valence-electron chi connectivity index (χ4n) is 8.94. The molecular weight excluding hydrogens is 791 g/mol. The first-order chi connectivity index (χ1) is 27.6. The second kappa shape index (κ2) is 18.4. The summed E-state index contributed by atoms with van der Waals surface area (Å²) in [6, 6.07) is 17.8. The maximum Gasteiger partial charge on any atom is 0.411 e. The molecule has 0 aliphatic heterocycles. The van der Waals surface area contributed by atoms with Crippen LogP contribution in [-0.2, 0) is 15.3 Å². The third-order valence-electron chi connectivity index (χ3n) is 12.5. The molecule has 0 saturated heterocycles. The highest BCUT2D eigenvalue weighted by Gasteiger charge is 2.72. The lowest BCUT2D eigenvalue weighted by atomic mass is 9.70. The second-order valence-electron chi connectivity index (χ2n) is 18.8. The highest BCUT2D eigenvalue weighted by Crippen LogP contribution is 2.57. The molecule has 0 aromatic heterocycles. The van der Waals surface area contributed by atoms with Crippen molar-refractivity contribution >= 4 is 9.84 Å². The van der Waals surface area contributed by atoms with Gasteiger partial charge in [-0.3, -0.25) is 0 Å². The SMILES string of the molecule is CC(C)c1ccc(C(c2ccc(C(C)C)c(C(C)CCC(C)c3ccc(S(=O)(=O)c4ccc(C(C)C)c(C(C)C)c4)cc3C(C)C)c2)(C(F)(F)F)C(F)(F)F)cc1C(C)C. The van der Waals surface area contributed by atoms with Crippen LogP contribution < -0.4 is 0 Å². The third kappa shape index (κ3) is 9.56. The molecule has 4 rings (SSSR count). The number of rotatable bonds is 15. The molecule has 0 heterocycles. The monoisotopic (exact) mass is 856 g/mol. The van der Waals surface area contributed by atoms with Crippen LogP contribution in [0.2, 0.25) is 0 Å². The average molecular weight is 857 g/mol. The van der Waals surface area contributed by atoms with Crippen molar-refractivity contribution in [1.29, 1.82) is 0 Å². The molecule has 330 valence electrons. The first-order valence-electron chi connectivity index (χ1n) is 21.5. The number of halogens is 6. The smallest absolute Gasteiger partial charge is 0.219 e. The minimum absolute atomic E-state index is 0.0162. The van der Waals surface area contributed by atoms with E-state index in [4.69, 9.17) is 0 Å². The van der Waals surface area contributed by atoms with Crippen molar-refractivity contribution in [2.75, 3.05) is 0 Å². The van der Waals surface area contributed by atoms with Crippen LogP contribution in [0.4, 0.5) is 26.3 Å². The van der Waals surface area contributed by atoms with Crippen LogP contribution >= 0.6 is 0 Å². The van der Waals surface area contributed by atoms with E-state index < -0.39 is 38.7 Å². The standard InChI is InChI=1S/C51H66F6O2S/c1-29(2)41-21-17-37(25-45(41)32(7)8)49(50(52,53)54,51(55,56)57)38-18-22-43(31(5)6)48(26-38)36(14)16-15-35(13)44-24-20-40(28-47(44)34(11)12)60(58,59)39-19-23-42(30(3)4)46(27-39)33(9)10/h17-36H,15-16H2,1-14H3. The zero-order chi connectivity index (χ0) is 45.4. The van der Waals surface area contributed by atoms with E-state index in [2.05, 4.69) is 27.7 Å². The van der Waals surface area contributed by atoms with E-state index in [1.165, 1.54) is 12.1 Å². The van der Waals surface area contributed by atoms with Crippen molar-refractivity contribution in [2.24, 2.45) is 0 Å². The van der Waals surface area contributed by atoms with Gasteiger partial charge in [0.15, 0.2) is 0 Å². The number of hydrogen-bond donors (Lipinski definition) is 0. The van der Waals surface area contributed by atoms with Crippen LogP contribution in [0, 0.1) is 0 Å². The van der Waals surface area contributed by atoms with E-state index in [9.17, 15) is 8.42 Å². The Labute approximate surface area is 356 Å². The molecule has 9 heteroatoms. The molecule has 0 radical (unpaired) electrons. The van der Waals surface area contributed by atoms with E-state index in [-0.39, 0.29) is 57.1 Å². The molecule has 0 aliphatic rings. The van der Waals surface area contributed by atoms with Gasteiger partial charge in [0, 0.05) is 0 Å². The largest absolute Gasteiger partial charge is 0.411 e. The van der Waals surface area contributed by atoms with Crippen LogP contribution in [0.3, 0.4) is 0 Å². The Kier molecular flexibility index (Phi) is 15.1. The van der Waals surface area contributed by atoms with Crippen LogP contribution in [0.15, 0.2) is 82.6 Å². The molecule has 60 heavy (non-hydrogen) atoms. The summed E-state index contributed by atoms with van der Waals surface area (Å²) in [6.07, 6.45) is -10.3. The molecule has 0 fully saturated rings. The third-order valence-corrected chi connectivity index (χ3v) is 14.2. The van der Waals surface area contributed by atoms with Gasteiger partial charge < -0.3 is 0 Å². The Morgan fingerprint density at radius 2 is 0.667 bits per heavy atom. The van der Waals surface area contributed by atoms with Gasteiger partial charge in [0.25, 0.3) is 0 Å². The number of benzene rings is 4. The second-order valence-corrected chi connectivity index (χ2v) is 20.8.